The van der Waals surface area contributed by atoms with Crippen molar-refractivity contribution in [2.75, 3.05) is 27.2 Å². The molecule has 5 rings (SSSR count). The van der Waals surface area contributed by atoms with E-state index in [2.05, 4.69) is 10.2 Å². The van der Waals surface area contributed by atoms with Crippen molar-refractivity contribution in [1.82, 2.24) is 19.7 Å². The van der Waals surface area contributed by atoms with Crippen molar-refractivity contribution in [1.29, 1.82) is 0 Å². The second-order valence-electron chi connectivity index (χ2n) is 12.0. The number of rotatable bonds is 5. The molecule has 2 aliphatic heterocycles. The van der Waals surface area contributed by atoms with Gasteiger partial charge in [0, 0.05) is 56.5 Å². The van der Waals surface area contributed by atoms with Crippen LogP contribution in [0.15, 0.2) is 36.4 Å². The smallest absolute Gasteiger partial charge is 0.419 e. The standard InChI is InChI=1S/C30H36F2N4O3/c1-29(2,3)39-28(38)36-24-7-6-19(18-35-10-8-30(31,32)9-11-35)12-21(24)15-25(36)23-14-20(17-34(4)5)13-22-16-33-27(37)26(22)23/h6-7,12-15H,8-11,16-18H2,1-5H3,(H,33,37). The Morgan fingerprint density at radius 3 is 2.46 bits per heavy atom. The summed E-state index contributed by atoms with van der Waals surface area (Å²) in [5, 5.41) is 3.74. The number of carbonyl (C=O) groups is 2. The van der Waals surface area contributed by atoms with Crippen LogP contribution in [0.4, 0.5) is 13.6 Å². The van der Waals surface area contributed by atoms with Crippen molar-refractivity contribution in [3.05, 3.63) is 58.7 Å². The molecular formula is C30H36F2N4O3. The minimum atomic E-state index is -2.59. The molecule has 1 fully saturated rings. The number of alkyl halides is 2. The Balaban J connectivity index is 1.62. The fourth-order valence-electron chi connectivity index (χ4n) is 5.46. The predicted octanol–water partition coefficient (Wildman–Crippen LogP) is 5.63. The van der Waals surface area contributed by atoms with Gasteiger partial charge >= 0.3 is 6.09 Å². The van der Waals surface area contributed by atoms with Crippen LogP contribution in [0, 0.1) is 0 Å². The number of hydrogen-bond donors (Lipinski definition) is 1. The summed E-state index contributed by atoms with van der Waals surface area (Å²) >= 11 is 0. The molecule has 3 heterocycles. The minimum Gasteiger partial charge on any atom is -0.443 e. The highest BCUT2D eigenvalue weighted by Gasteiger charge is 2.34. The number of halogens is 2. The van der Waals surface area contributed by atoms with E-state index < -0.39 is 17.6 Å². The normalized spacial score (nSPS) is 17.5. The average molecular weight is 539 g/mol. The summed E-state index contributed by atoms with van der Waals surface area (Å²) in [5.74, 6) is -2.76. The van der Waals surface area contributed by atoms with Crippen molar-refractivity contribution in [3.63, 3.8) is 0 Å². The third-order valence-electron chi connectivity index (χ3n) is 7.16. The van der Waals surface area contributed by atoms with E-state index in [-0.39, 0.29) is 18.7 Å². The fourth-order valence-corrected chi connectivity index (χ4v) is 5.46. The summed E-state index contributed by atoms with van der Waals surface area (Å²) in [6.45, 7) is 7.81. The molecule has 9 heteroatoms. The van der Waals surface area contributed by atoms with Gasteiger partial charge in [-0.1, -0.05) is 12.1 Å². The lowest BCUT2D eigenvalue weighted by Gasteiger charge is -2.31. The molecular weight excluding hydrogens is 502 g/mol. The summed E-state index contributed by atoms with van der Waals surface area (Å²) < 4.78 is 34.6. The molecule has 1 amide bonds. The Bertz CT molecular complexity index is 1430. The average Bonchev–Trinajstić information content (AvgIpc) is 3.39. The van der Waals surface area contributed by atoms with Gasteiger partial charge < -0.3 is 15.0 Å². The zero-order valence-corrected chi connectivity index (χ0v) is 23.2. The van der Waals surface area contributed by atoms with E-state index in [9.17, 15) is 18.4 Å². The first-order valence-corrected chi connectivity index (χ1v) is 13.4. The molecule has 208 valence electrons. The number of likely N-dealkylation sites (tertiary alicyclic amines) is 1. The van der Waals surface area contributed by atoms with Crippen molar-refractivity contribution < 1.29 is 23.1 Å². The van der Waals surface area contributed by atoms with Gasteiger partial charge in [0.25, 0.3) is 11.8 Å². The molecule has 39 heavy (non-hydrogen) atoms. The lowest BCUT2D eigenvalue weighted by Crippen LogP contribution is -2.38. The lowest BCUT2D eigenvalue weighted by atomic mass is 9.96. The maximum atomic E-state index is 13.6. The molecule has 0 radical (unpaired) electrons. The molecule has 0 atom stereocenters. The number of carbonyl (C=O) groups excluding carboxylic acids is 2. The molecule has 0 saturated carbocycles. The topological polar surface area (TPSA) is 66.8 Å². The number of ether oxygens (including phenoxy) is 1. The third kappa shape index (κ3) is 5.84. The molecule has 1 aromatic heterocycles. The molecule has 2 aromatic carbocycles. The first-order chi connectivity index (χ1) is 18.3. The van der Waals surface area contributed by atoms with Gasteiger partial charge in [-0.05, 0) is 75.8 Å². The quantitative estimate of drug-likeness (QED) is 0.456. The minimum absolute atomic E-state index is 0.134. The molecule has 2 aliphatic rings. The van der Waals surface area contributed by atoms with Crippen LogP contribution in [0.5, 0.6) is 0 Å². The van der Waals surface area contributed by atoms with Crippen molar-refractivity contribution in [3.8, 4) is 11.3 Å². The zero-order valence-electron chi connectivity index (χ0n) is 23.2. The van der Waals surface area contributed by atoms with Gasteiger partial charge in [-0.2, -0.15) is 0 Å². The van der Waals surface area contributed by atoms with Crippen LogP contribution < -0.4 is 5.32 Å². The number of piperidine rings is 1. The Morgan fingerprint density at radius 1 is 1.08 bits per heavy atom. The van der Waals surface area contributed by atoms with E-state index in [1.165, 1.54) is 0 Å². The molecule has 0 bridgehead atoms. The Hall–Kier alpha value is -3.30. The second-order valence-corrected chi connectivity index (χ2v) is 12.0. The molecule has 3 aromatic rings. The second kappa shape index (κ2) is 10.0. The van der Waals surface area contributed by atoms with Gasteiger partial charge in [0.1, 0.15) is 5.60 Å². The molecule has 7 nitrogen and oxygen atoms in total. The molecule has 1 N–H and O–H groups in total. The van der Waals surface area contributed by atoms with Gasteiger partial charge in [0.05, 0.1) is 16.8 Å². The highest BCUT2D eigenvalue weighted by atomic mass is 19.3. The zero-order chi connectivity index (χ0) is 28.1. The third-order valence-corrected chi connectivity index (χ3v) is 7.16. The maximum Gasteiger partial charge on any atom is 0.419 e. The van der Waals surface area contributed by atoms with E-state index in [1.54, 1.807) is 4.57 Å². The van der Waals surface area contributed by atoms with Gasteiger partial charge in [0.15, 0.2) is 0 Å². The van der Waals surface area contributed by atoms with Gasteiger partial charge in [-0.3, -0.25) is 9.69 Å². The lowest BCUT2D eigenvalue weighted by molar-refractivity contribution is -0.0566. The Kier molecular flexibility index (Phi) is 7.01. The Labute approximate surface area is 227 Å². The van der Waals surface area contributed by atoms with E-state index in [0.717, 1.165) is 22.1 Å². The highest BCUT2D eigenvalue weighted by molar-refractivity contribution is 6.07. The van der Waals surface area contributed by atoms with Crippen molar-refractivity contribution in [2.45, 2.75) is 64.8 Å². The number of nitrogens with zero attached hydrogens (tertiary/aromatic N) is 3. The number of aromatic nitrogens is 1. The van der Waals surface area contributed by atoms with E-state index in [4.69, 9.17) is 4.74 Å². The molecule has 0 unspecified atom stereocenters. The largest absolute Gasteiger partial charge is 0.443 e. The Morgan fingerprint density at radius 2 is 1.79 bits per heavy atom. The highest BCUT2D eigenvalue weighted by Crippen LogP contribution is 2.36. The van der Waals surface area contributed by atoms with Crippen LogP contribution in [-0.4, -0.2) is 65.1 Å². The molecule has 0 spiro atoms. The summed E-state index contributed by atoms with van der Waals surface area (Å²) in [5.41, 5.74) is 4.70. The van der Waals surface area contributed by atoms with Gasteiger partial charge in [-0.15, -0.1) is 0 Å². The number of fused-ring (bicyclic) bond motifs is 2. The SMILES string of the molecule is CN(C)Cc1cc2c(c(-c3cc4cc(CN5CCC(F)(F)CC5)ccc4n3C(=O)OC(C)(C)C)c1)C(=O)NC2. The van der Waals surface area contributed by atoms with E-state index in [0.29, 0.717) is 55.1 Å². The summed E-state index contributed by atoms with van der Waals surface area (Å²) in [7, 11) is 3.97. The van der Waals surface area contributed by atoms with Crippen LogP contribution in [0.25, 0.3) is 22.2 Å². The first-order valence-electron chi connectivity index (χ1n) is 13.4. The van der Waals surface area contributed by atoms with Crippen molar-refractivity contribution >= 4 is 22.9 Å². The van der Waals surface area contributed by atoms with Gasteiger partial charge in [-0.25, -0.2) is 18.1 Å². The number of benzene rings is 2. The predicted molar refractivity (Wildman–Crippen MR) is 147 cm³/mol. The number of nitrogens with one attached hydrogen (secondary N) is 1. The van der Waals surface area contributed by atoms with Crippen LogP contribution in [0.1, 0.15) is 60.7 Å². The summed E-state index contributed by atoms with van der Waals surface area (Å²) in [4.78, 5) is 30.6. The fraction of sp³-hybridized carbons (Fsp3) is 0.467. The summed E-state index contributed by atoms with van der Waals surface area (Å²) in [6, 6.07) is 11.7. The van der Waals surface area contributed by atoms with E-state index >= 15 is 0 Å². The molecule has 0 aliphatic carbocycles. The first kappa shape index (κ1) is 27.3. The summed E-state index contributed by atoms with van der Waals surface area (Å²) in [6.07, 6.45) is -0.792. The van der Waals surface area contributed by atoms with Crippen LogP contribution in [0.3, 0.4) is 0 Å². The monoisotopic (exact) mass is 538 g/mol. The van der Waals surface area contributed by atoms with Crippen LogP contribution in [-0.2, 0) is 24.4 Å². The number of amides is 1. The van der Waals surface area contributed by atoms with Crippen LogP contribution >= 0.6 is 0 Å². The van der Waals surface area contributed by atoms with Crippen molar-refractivity contribution in [2.24, 2.45) is 0 Å². The maximum absolute atomic E-state index is 13.6. The van der Waals surface area contributed by atoms with Crippen LogP contribution in [0.2, 0.25) is 0 Å². The molecule has 1 saturated heterocycles. The number of hydrogen-bond acceptors (Lipinski definition) is 5. The van der Waals surface area contributed by atoms with Gasteiger partial charge in [0.2, 0.25) is 0 Å². The van der Waals surface area contributed by atoms with E-state index in [1.807, 2.05) is 76.2 Å².